The van der Waals surface area contributed by atoms with Crippen molar-refractivity contribution in [1.82, 2.24) is 10.2 Å². The van der Waals surface area contributed by atoms with Crippen molar-refractivity contribution in [1.29, 1.82) is 0 Å². The molecule has 0 saturated heterocycles. The third-order valence-electron chi connectivity index (χ3n) is 5.05. The fourth-order valence-corrected chi connectivity index (χ4v) is 4.45. The molecule has 1 aromatic heterocycles. The molecule has 1 N–H and O–H groups in total. The van der Waals surface area contributed by atoms with Crippen molar-refractivity contribution < 1.29 is 9.59 Å². The van der Waals surface area contributed by atoms with Gasteiger partial charge in [-0.15, -0.1) is 11.3 Å². The summed E-state index contributed by atoms with van der Waals surface area (Å²) in [5.41, 5.74) is 2.97. The zero-order valence-electron chi connectivity index (χ0n) is 15.5. The highest BCUT2D eigenvalue weighted by atomic mass is 32.1. The summed E-state index contributed by atoms with van der Waals surface area (Å²) >= 11 is 1.59. The normalized spacial score (nSPS) is 14.0. The molecule has 0 aliphatic carbocycles. The Balaban J connectivity index is 1.43. The fraction of sp³-hybridized carbons (Fsp3) is 0.217. The van der Waals surface area contributed by atoms with Crippen molar-refractivity contribution in [3.05, 3.63) is 93.7 Å². The Kier molecular flexibility index (Phi) is 5.53. The predicted molar refractivity (Wildman–Crippen MR) is 111 cm³/mol. The number of thiophene rings is 1. The van der Waals surface area contributed by atoms with Gasteiger partial charge in [-0.25, -0.2) is 0 Å². The number of hydrogen-bond donors (Lipinski definition) is 1. The van der Waals surface area contributed by atoms with Crippen molar-refractivity contribution in [2.24, 2.45) is 0 Å². The Morgan fingerprint density at radius 2 is 1.82 bits per heavy atom. The zero-order valence-corrected chi connectivity index (χ0v) is 16.3. The molecule has 28 heavy (non-hydrogen) atoms. The number of carbonyl (C=O) groups excluding carboxylic acids is 2. The van der Waals surface area contributed by atoms with E-state index in [1.165, 1.54) is 5.56 Å². The largest absolute Gasteiger partial charge is 0.356 e. The van der Waals surface area contributed by atoms with Crippen LogP contribution in [0, 0.1) is 0 Å². The molecule has 0 unspecified atom stereocenters. The van der Waals surface area contributed by atoms with E-state index in [4.69, 9.17) is 0 Å². The van der Waals surface area contributed by atoms with Crippen LogP contribution >= 0.6 is 11.3 Å². The van der Waals surface area contributed by atoms with Crippen molar-refractivity contribution in [2.75, 3.05) is 6.54 Å². The Morgan fingerprint density at radius 3 is 2.57 bits per heavy atom. The molecule has 0 bridgehead atoms. The second-order valence-corrected chi connectivity index (χ2v) is 7.89. The van der Waals surface area contributed by atoms with E-state index in [2.05, 4.69) is 17.4 Å². The van der Waals surface area contributed by atoms with Crippen LogP contribution < -0.4 is 5.32 Å². The van der Waals surface area contributed by atoms with Crippen LogP contribution in [0.5, 0.6) is 0 Å². The molecule has 4 rings (SSSR count). The van der Waals surface area contributed by atoms with Gasteiger partial charge in [-0.2, -0.15) is 0 Å². The minimum atomic E-state index is -0.239. The summed E-state index contributed by atoms with van der Waals surface area (Å²) in [7, 11) is 0. The van der Waals surface area contributed by atoms with Gasteiger partial charge in [-0.3, -0.25) is 9.59 Å². The number of hydrogen-bond acceptors (Lipinski definition) is 3. The summed E-state index contributed by atoms with van der Waals surface area (Å²) in [4.78, 5) is 28.4. The van der Waals surface area contributed by atoms with Crippen molar-refractivity contribution >= 4 is 23.2 Å². The summed E-state index contributed by atoms with van der Waals surface area (Å²) in [5, 5.41) is 5.00. The first-order valence-corrected chi connectivity index (χ1v) is 10.3. The van der Waals surface area contributed by atoms with Gasteiger partial charge in [0.1, 0.15) is 0 Å². The van der Waals surface area contributed by atoms with Gasteiger partial charge in [0.25, 0.3) is 5.91 Å². The van der Waals surface area contributed by atoms with E-state index in [-0.39, 0.29) is 24.3 Å². The van der Waals surface area contributed by atoms with E-state index in [9.17, 15) is 9.59 Å². The van der Waals surface area contributed by atoms with Crippen LogP contribution in [0.1, 0.15) is 38.8 Å². The van der Waals surface area contributed by atoms with E-state index in [1.807, 2.05) is 64.9 Å². The second-order valence-electron chi connectivity index (χ2n) is 6.91. The minimum absolute atomic E-state index is 0.00563. The summed E-state index contributed by atoms with van der Waals surface area (Å²) in [6.07, 6.45) is 1.07. The van der Waals surface area contributed by atoms with E-state index in [0.29, 0.717) is 13.1 Å². The van der Waals surface area contributed by atoms with E-state index < -0.39 is 0 Å². The molecule has 1 aliphatic rings. The molecule has 0 radical (unpaired) electrons. The average Bonchev–Trinajstić information content (AvgIpc) is 3.36. The third-order valence-corrected chi connectivity index (χ3v) is 6.03. The van der Waals surface area contributed by atoms with Crippen molar-refractivity contribution in [2.45, 2.75) is 25.4 Å². The first kappa shape index (κ1) is 18.4. The molecule has 0 fully saturated rings. The molecule has 1 aliphatic heterocycles. The van der Waals surface area contributed by atoms with Crippen molar-refractivity contribution in [3.63, 3.8) is 0 Å². The molecule has 3 aromatic rings. The van der Waals surface area contributed by atoms with Crippen LogP contribution in [0.25, 0.3) is 0 Å². The first-order valence-electron chi connectivity index (χ1n) is 9.45. The highest BCUT2D eigenvalue weighted by Crippen LogP contribution is 2.35. The fourth-order valence-electron chi connectivity index (χ4n) is 3.61. The zero-order chi connectivity index (χ0) is 19.3. The molecule has 2 amide bonds. The molecular weight excluding hydrogens is 368 g/mol. The number of nitrogens with one attached hydrogen (secondary N) is 1. The number of nitrogens with zero attached hydrogens (tertiary/aromatic N) is 1. The van der Waals surface area contributed by atoms with Crippen molar-refractivity contribution in [3.8, 4) is 0 Å². The van der Waals surface area contributed by atoms with Gasteiger partial charge in [0.2, 0.25) is 5.91 Å². The Labute approximate surface area is 168 Å². The lowest BCUT2D eigenvalue weighted by molar-refractivity contribution is -0.122. The molecule has 142 valence electrons. The standard InChI is InChI=1S/C23H22N2O2S/c26-22(24-13-12-17-7-2-1-3-8-17)15-20(21-11-6-14-28-21)25-16-18-9-4-5-10-19(18)23(25)27/h1-11,14,20H,12-13,15-16H2,(H,24,26)/t20-/m1/s1. The van der Waals surface area contributed by atoms with E-state index in [1.54, 1.807) is 11.3 Å². The van der Waals surface area contributed by atoms with Crippen LogP contribution in [0.2, 0.25) is 0 Å². The lowest BCUT2D eigenvalue weighted by atomic mass is 10.1. The highest BCUT2D eigenvalue weighted by molar-refractivity contribution is 7.10. The summed E-state index contributed by atoms with van der Waals surface area (Å²) in [6.45, 7) is 1.14. The number of benzene rings is 2. The van der Waals surface area contributed by atoms with Gasteiger partial charge in [-0.05, 0) is 35.1 Å². The SMILES string of the molecule is O=C(C[C@H](c1cccs1)N1Cc2ccccc2C1=O)NCCc1ccccc1. The van der Waals surface area contributed by atoms with Gasteiger partial charge < -0.3 is 10.2 Å². The quantitative estimate of drug-likeness (QED) is 0.657. The van der Waals surface area contributed by atoms with Gasteiger partial charge >= 0.3 is 0 Å². The number of rotatable bonds is 7. The first-order chi connectivity index (χ1) is 13.7. The monoisotopic (exact) mass is 390 g/mol. The Bertz CT molecular complexity index is 954. The lowest BCUT2D eigenvalue weighted by Gasteiger charge is -2.26. The van der Waals surface area contributed by atoms with E-state index in [0.717, 1.165) is 22.4 Å². The van der Waals surface area contributed by atoms with Gasteiger partial charge in [-0.1, -0.05) is 54.6 Å². The number of fused-ring (bicyclic) bond motifs is 1. The highest BCUT2D eigenvalue weighted by Gasteiger charge is 2.34. The molecule has 0 saturated carbocycles. The van der Waals surface area contributed by atoms with Crippen LogP contribution in [0.15, 0.2) is 72.1 Å². The molecule has 4 nitrogen and oxygen atoms in total. The molecule has 1 atom stereocenters. The molecule has 2 heterocycles. The maximum absolute atomic E-state index is 12.9. The molecule has 0 spiro atoms. The summed E-state index contributed by atoms with van der Waals surface area (Å²) < 4.78 is 0. The lowest BCUT2D eigenvalue weighted by Crippen LogP contribution is -2.34. The minimum Gasteiger partial charge on any atom is -0.356 e. The van der Waals surface area contributed by atoms with Crippen LogP contribution in [-0.4, -0.2) is 23.3 Å². The second kappa shape index (κ2) is 8.40. The van der Waals surface area contributed by atoms with Gasteiger partial charge in [0.05, 0.1) is 12.5 Å². The predicted octanol–water partition coefficient (Wildman–Crippen LogP) is 4.19. The smallest absolute Gasteiger partial charge is 0.255 e. The molecule has 5 heteroatoms. The third kappa shape index (κ3) is 3.99. The molecule has 2 aromatic carbocycles. The Morgan fingerprint density at radius 1 is 1.04 bits per heavy atom. The van der Waals surface area contributed by atoms with Gasteiger partial charge in [0.15, 0.2) is 0 Å². The number of amides is 2. The number of carbonyl (C=O) groups is 2. The van der Waals surface area contributed by atoms with Gasteiger partial charge in [0, 0.05) is 23.5 Å². The molecular formula is C23H22N2O2S. The maximum atomic E-state index is 12.9. The summed E-state index contributed by atoms with van der Waals surface area (Å²) in [5.74, 6) is -0.0239. The summed E-state index contributed by atoms with van der Waals surface area (Å²) in [6, 6.07) is 21.5. The van der Waals surface area contributed by atoms with Crippen LogP contribution in [-0.2, 0) is 17.8 Å². The van der Waals surface area contributed by atoms with E-state index >= 15 is 0 Å². The average molecular weight is 391 g/mol. The van der Waals surface area contributed by atoms with Crippen LogP contribution in [0.4, 0.5) is 0 Å². The Hall–Kier alpha value is -2.92. The maximum Gasteiger partial charge on any atom is 0.255 e. The van der Waals surface area contributed by atoms with Crippen LogP contribution in [0.3, 0.4) is 0 Å². The topological polar surface area (TPSA) is 49.4 Å².